The molecule has 0 aliphatic heterocycles. The van der Waals surface area contributed by atoms with E-state index in [1.54, 1.807) is 0 Å². The summed E-state index contributed by atoms with van der Waals surface area (Å²) in [5.41, 5.74) is 3.56. The van der Waals surface area contributed by atoms with E-state index < -0.39 is 0 Å². The number of nitrogens with one attached hydrogen (secondary N) is 1. The van der Waals surface area contributed by atoms with Gasteiger partial charge >= 0.3 is 0 Å². The maximum Gasteiger partial charge on any atom is 0.223 e. The van der Waals surface area contributed by atoms with Gasteiger partial charge in [-0.2, -0.15) is 0 Å². The maximum absolute atomic E-state index is 12.1. The predicted molar refractivity (Wildman–Crippen MR) is 93.6 cm³/mol. The molecule has 122 valence electrons. The van der Waals surface area contributed by atoms with E-state index in [4.69, 9.17) is 4.74 Å². The first kappa shape index (κ1) is 17.1. The van der Waals surface area contributed by atoms with E-state index in [0.29, 0.717) is 13.0 Å². The van der Waals surface area contributed by atoms with Crippen LogP contribution in [-0.2, 0) is 4.79 Å². The smallest absolute Gasteiger partial charge is 0.223 e. The Kier molecular flexibility index (Phi) is 6.21. The van der Waals surface area contributed by atoms with Crippen LogP contribution in [0.3, 0.4) is 0 Å². The Bertz CT molecular complexity index is 617. The Labute approximate surface area is 138 Å². The SMILES string of the molecule is CC[C@H](NC(=O)CCOc1ccc(C)cc1)c1ccc(C)cc1. The van der Waals surface area contributed by atoms with Crippen molar-refractivity contribution >= 4 is 5.91 Å². The van der Waals surface area contributed by atoms with E-state index >= 15 is 0 Å². The quantitative estimate of drug-likeness (QED) is 0.826. The van der Waals surface area contributed by atoms with Crippen LogP contribution in [0, 0.1) is 13.8 Å². The van der Waals surface area contributed by atoms with E-state index in [-0.39, 0.29) is 11.9 Å². The molecule has 0 fully saturated rings. The molecule has 3 nitrogen and oxygen atoms in total. The minimum atomic E-state index is 0.0181. The van der Waals surface area contributed by atoms with Crippen LogP contribution < -0.4 is 10.1 Å². The molecule has 23 heavy (non-hydrogen) atoms. The number of benzene rings is 2. The summed E-state index contributed by atoms with van der Waals surface area (Å²) >= 11 is 0. The van der Waals surface area contributed by atoms with Gasteiger partial charge in [0.1, 0.15) is 5.75 Å². The number of hydrogen-bond donors (Lipinski definition) is 1. The molecule has 0 unspecified atom stereocenters. The molecule has 0 radical (unpaired) electrons. The Hall–Kier alpha value is -2.29. The van der Waals surface area contributed by atoms with Crippen molar-refractivity contribution in [1.29, 1.82) is 0 Å². The van der Waals surface area contributed by atoms with E-state index in [1.807, 2.05) is 31.2 Å². The predicted octanol–water partition coefficient (Wildman–Crippen LogP) is 4.34. The van der Waals surface area contributed by atoms with Crippen molar-refractivity contribution in [2.24, 2.45) is 0 Å². The number of rotatable bonds is 7. The molecule has 3 heteroatoms. The minimum Gasteiger partial charge on any atom is -0.493 e. The van der Waals surface area contributed by atoms with Crippen molar-refractivity contribution in [1.82, 2.24) is 5.32 Å². The first-order valence-corrected chi connectivity index (χ1v) is 8.14. The largest absolute Gasteiger partial charge is 0.493 e. The fourth-order valence-electron chi connectivity index (χ4n) is 2.38. The summed E-state index contributed by atoms with van der Waals surface area (Å²) in [6, 6.07) is 16.2. The summed E-state index contributed by atoms with van der Waals surface area (Å²) in [7, 11) is 0. The monoisotopic (exact) mass is 311 g/mol. The third kappa shape index (κ3) is 5.44. The first-order chi connectivity index (χ1) is 11.1. The lowest BCUT2D eigenvalue weighted by Crippen LogP contribution is -2.29. The van der Waals surface area contributed by atoms with Gasteiger partial charge in [0.05, 0.1) is 19.1 Å². The van der Waals surface area contributed by atoms with Crippen molar-refractivity contribution in [3.63, 3.8) is 0 Å². The number of carbonyl (C=O) groups excluding carboxylic acids is 1. The summed E-state index contributed by atoms with van der Waals surface area (Å²) < 4.78 is 5.61. The molecule has 0 aliphatic rings. The Morgan fingerprint density at radius 3 is 2.13 bits per heavy atom. The van der Waals surface area contributed by atoms with Gasteiger partial charge in [-0.15, -0.1) is 0 Å². The zero-order chi connectivity index (χ0) is 16.7. The van der Waals surface area contributed by atoms with E-state index in [9.17, 15) is 4.79 Å². The lowest BCUT2D eigenvalue weighted by molar-refractivity contribution is -0.122. The number of ether oxygens (including phenoxy) is 1. The molecule has 1 amide bonds. The highest BCUT2D eigenvalue weighted by molar-refractivity contribution is 5.76. The Morgan fingerprint density at radius 2 is 1.57 bits per heavy atom. The first-order valence-electron chi connectivity index (χ1n) is 8.14. The van der Waals surface area contributed by atoms with Crippen LogP contribution in [0.2, 0.25) is 0 Å². The molecular weight excluding hydrogens is 286 g/mol. The average Bonchev–Trinajstić information content (AvgIpc) is 2.55. The second-order valence-electron chi connectivity index (χ2n) is 5.85. The van der Waals surface area contributed by atoms with Crippen molar-refractivity contribution in [2.75, 3.05) is 6.61 Å². The zero-order valence-electron chi connectivity index (χ0n) is 14.1. The van der Waals surface area contributed by atoms with Crippen LogP contribution in [-0.4, -0.2) is 12.5 Å². The molecular formula is C20H25NO2. The highest BCUT2D eigenvalue weighted by atomic mass is 16.5. The van der Waals surface area contributed by atoms with Gasteiger partial charge in [-0.3, -0.25) is 4.79 Å². The molecule has 0 saturated carbocycles. The fraction of sp³-hybridized carbons (Fsp3) is 0.350. The number of amides is 1. The molecule has 2 rings (SSSR count). The number of hydrogen-bond acceptors (Lipinski definition) is 2. The summed E-state index contributed by atoms with van der Waals surface area (Å²) in [4.78, 5) is 12.1. The van der Waals surface area contributed by atoms with Crippen molar-refractivity contribution < 1.29 is 9.53 Å². The van der Waals surface area contributed by atoms with Gasteiger partial charge < -0.3 is 10.1 Å². The zero-order valence-corrected chi connectivity index (χ0v) is 14.1. The van der Waals surface area contributed by atoms with Crippen LogP contribution in [0.15, 0.2) is 48.5 Å². The van der Waals surface area contributed by atoms with Gasteiger partial charge in [0.15, 0.2) is 0 Å². The number of aryl methyl sites for hydroxylation is 2. The highest BCUT2D eigenvalue weighted by Gasteiger charge is 2.12. The lowest BCUT2D eigenvalue weighted by atomic mass is 10.0. The second-order valence-corrected chi connectivity index (χ2v) is 5.85. The van der Waals surface area contributed by atoms with Gasteiger partial charge in [-0.25, -0.2) is 0 Å². The van der Waals surface area contributed by atoms with Gasteiger partial charge in [0.2, 0.25) is 5.91 Å². The summed E-state index contributed by atoms with van der Waals surface area (Å²) in [6.45, 7) is 6.56. The van der Waals surface area contributed by atoms with Crippen molar-refractivity contribution in [3.8, 4) is 5.75 Å². The van der Waals surface area contributed by atoms with Crippen LogP contribution >= 0.6 is 0 Å². The third-order valence-corrected chi connectivity index (χ3v) is 3.84. The van der Waals surface area contributed by atoms with Gasteiger partial charge in [-0.1, -0.05) is 54.4 Å². The highest BCUT2D eigenvalue weighted by Crippen LogP contribution is 2.17. The van der Waals surface area contributed by atoms with Crippen LogP contribution in [0.1, 0.15) is 42.5 Å². The van der Waals surface area contributed by atoms with E-state index in [0.717, 1.165) is 17.7 Å². The molecule has 2 aromatic rings. The van der Waals surface area contributed by atoms with Gasteiger partial charge in [0.25, 0.3) is 0 Å². The van der Waals surface area contributed by atoms with Crippen LogP contribution in [0.25, 0.3) is 0 Å². The molecule has 2 aromatic carbocycles. The standard InChI is InChI=1S/C20H25NO2/c1-4-19(17-9-5-15(2)6-10-17)21-20(22)13-14-23-18-11-7-16(3)8-12-18/h5-12,19H,4,13-14H2,1-3H3,(H,21,22)/t19-/m0/s1. The van der Waals surface area contributed by atoms with Gasteiger partial charge in [-0.05, 0) is 38.0 Å². The molecule has 0 heterocycles. The van der Waals surface area contributed by atoms with E-state index in [2.05, 4.69) is 43.4 Å². The van der Waals surface area contributed by atoms with Crippen LogP contribution in [0.5, 0.6) is 5.75 Å². The van der Waals surface area contributed by atoms with Crippen LogP contribution in [0.4, 0.5) is 0 Å². The molecule has 1 atom stereocenters. The maximum atomic E-state index is 12.1. The molecule has 1 N–H and O–H groups in total. The fourth-order valence-corrected chi connectivity index (χ4v) is 2.38. The summed E-state index contributed by atoms with van der Waals surface area (Å²) in [5.74, 6) is 0.818. The molecule has 0 aliphatic carbocycles. The lowest BCUT2D eigenvalue weighted by Gasteiger charge is -2.18. The summed E-state index contributed by atoms with van der Waals surface area (Å²) in [5, 5.41) is 3.08. The average molecular weight is 311 g/mol. The third-order valence-electron chi connectivity index (χ3n) is 3.84. The van der Waals surface area contributed by atoms with Crippen molar-refractivity contribution in [3.05, 3.63) is 65.2 Å². The van der Waals surface area contributed by atoms with E-state index in [1.165, 1.54) is 11.1 Å². The molecule has 0 bridgehead atoms. The normalized spacial score (nSPS) is 11.8. The van der Waals surface area contributed by atoms with Gasteiger partial charge in [0, 0.05) is 0 Å². The molecule has 0 aromatic heterocycles. The molecule has 0 spiro atoms. The minimum absolute atomic E-state index is 0.0181. The molecule has 0 saturated heterocycles. The summed E-state index contributed by atoms with van der Waals surface area (Å²) in [6.07, 6.45) is 1.23. The van der Waals surface area contributed by atoms with Crippen molar-refractivity contribution in [2.45, 2.75) is 39.7 Å². The number of carbonyl (C=O) groups is 1. The second kappa shape index (κ2) is 8.37. The topological polar surface area (TPSA) is 38.3 Å². The Morgan fingerprint density at radius 1 is 1.00 bits per heavy atom. The Balaban J connectivity index is 1.80.